The van der Waals surface area contributed by atoms with E-state index < -0.39 is 50.6 Å². The molecule has 1 aliphatic heterocycles. The highest BCUT2D eigenvalue weighted by atomic mass is 32.2. The maximum absolute atomic E-state index is 14.2. The first-order valence-corrected chi connectivity index (χ1v) is 19.6. The molecule has 4 aliphatic rings. The maximum atomic E-state index is 14.2. The Morgan fingerprint density at radius 1 is 1.10 bits per heavy atom. The van der Waals surface area contributed by atoms with Gasteiger partial charge in [0.15, 0.2) is 10.8 Å². The lowest BCUT2D eigenvalue weighted by Gasteiger charge is -2.26. The van der Waals surface area contributed by atoms with Gasteiger partial charge in [-0.3, -0.25) is 19.1 Å². The summed E-state index contributed by atoms with van der Waals surface area (Å²) in [7, 11) is -2.06. The standard InChI is InChI=1S/C35H42N6O6S2/c1-20(2)28-19-48-32(37-28)29-36-27-12-8-7-11-24(27)31(38-29)47-22-16-25-26(17-22)33(43)41(3)15-9-5-4-6-10-21-18-35(21,39-30(25)42)34(44)40-49(45,46)23-13-14-23/h6-8,10-12,19-23,25-26H,4-5,9,13-18H2,1-3H3,(H,39,42)(H,40,44)/b10-6-/t21-,22-,25-,26-,35-/m1/s1. The topological polar surface area (TPSA) is 161 Å². The number of nitrogens with zero attached hydrogens (tertiary/aromatic N) is 4. The molecule has 3 heterocycles. The van der Waals surface area contributed by atoms with E-state index in [1.807, 2.05) is 41.8 Å². The lowest BCUT2D eigenvalue weighted by atomic mass is 9.93. The normalized spacial score (nSPS) is 28.4. The van der Waals surface area contributed by atoms with Crippen molar-refractivity contribution in [3.05, 3.63) is 47.5 Å². The summed E-state index contributed by atoms with van der Waals surface area (Å²) in [6.45, 7) is 4.72. The predicted octanol–water partition coefficient (Wildman–Crippen LogP) is 4.33. The number of ether oxygens (including phenoxy) is 1. The Bertz CT molecular complexity index is 1920. The molecule has 3 saturated carbocycles. The Labute approximate surface area is 290 Å². The van der Waals surface area contributed by atoms with Crippen molar-refractivity contribution < 1.29 is 27.5 Å². The van der Waals surface area contributed by atoms with Gasteiger partial charge in [-0.2, -0.15) is 4.98 Å². The van der Waals surface area contributed by atoms with Gasteiger partial charge < -0.3 is 15.0 Å². The minimum Gasteiger partial charge on any atom is -0.474 e. The van der Waals surface area contributed by atoms with Crippen LogP contribution in [0, 0.1) is 17.8 Å². The van der Waals surface area contributed by atoms with E-state index in [0.717, 1.165) is 25.0 Å². The SMILES string of the molecule is CC(C)c1csc(-c2nc(O[C@@H]3C[C@H]4C(=O)N[C@]5(C(=O)NS(=O)(=O)C6CC6)C[C@H]5/C=C\CCCCN(C)C(=O)[C@@H]4C3)c3ccccc3n2)n1. The molecule has 3 aromatic rings. The molecule has 49 heavy (non-hydrogen) atoms. The van der Waals surface area contributed by atoms with Crippen LogP contribution < -0.4 is 14.8 Å². The number of amides is 3. The lowest BCUT2D eigenvalue weighted by molar-refractivity contribution is -0.140. The van der Waals surface area contributed by atoms with Gasteiger partial charge in [-0.15, -0.1) is 11.3 Å². The highest BCUT2D eigenvalue weighted by molar-refractivity contribution is 7.91. The highest BCUT2D eigenvalue weighted by Gasteiger charge is 2.62. The van der Waals surface area contributed by atoms with Gasteiger partial charge in [0, 0.05) is 24.9 Å². The molecule has 14 heteroatoms. The molecule has 0 bridgehead atoms. The largest absolute Gasteiger partial charge is 0.474 e. The third-order valence-corrected chi connectivity index (χ3v) is 12.8. The number of hydrogen-bond acceptors (Lipinski definition) is 10. The van der Waals surface area contributed by atoms with Crippen LogP contribution in [0.2, 0.25) is 0 Å². The van der Waals surface area contributed by atoms with E-state index in [4.69, 9.17) is 19.7 Å². The summed E-state index contributed by atoms with van der Waals surface area (Å²) >= 11 is 1.47. The first kappa shape index (κ1) is 33.6. The van der Waals surface area contributed by atoms with Crippen LogP contribution in [0.4, 0.5) is 0 Å². The summed E-state index contributed by atoms with van der Waals surface area (Å²) in [6, 6.07) is 7.54. The van der Waals surface area contributed by atoms with Gasteiger partial charge in [-0.05, 0) is 69.4 Å². The molecular formula is C35H42N6O6S2. The number of rotatable bonds is 7. The van der Waals surface area contributed by atoms with Crippen molar-refractivity contribution in [3.63, 3.8) is 0 Å². The molecule has 3 aliphatic carbocycles. The summed E-state index contributed by atoms with van der Waals surface area (Å²) < 4.78 is 34.3. The van der Waals surface area contributed by atoms with Crippen LogP contribution in [0.3, 0.4) is 0 Å². The number of benzene rings is 1. The van der Waals surface area contributed by atoms with Crippen molar-refractivity contribution in [2.45, 2.75) is 88.0 Å². The molecule has 0 spiro atoms. The number of aromatic nitrogens is 3. The van der Waals surface area contributed by atoms with Gasteiger partial charge in [0.25, 0.3) is 5.91 Å². The van der Waals surface area contributed by atoms with E-state index in [0.29, 0.717) is 47.0 Å². The summed E-state index contributed by atoms with van der Waals surface area (Å²) in [5.41, 5.74) is 0.254. The molecule has 0 saturated heterocycles. The minimum absolute atomic E-state index is 0.154. The van der Waals surface area contributed by atoms with E-state index in [1.54, 1.807) is 11.9 Å². The van der Waals surface area contributed by atoms with Crippen LogP contribution in [-0.4, -0.2) is 76.5 Å². The van der Waals surface area contributed by atoms with Gasteiger partial charge >= 0.3 is 0 Å². The van der Waals surface area contributed by atoms with E-state index in [1.165, 1.54) is 11.3 Å². The van der Waals surface area contributed by atoms with Crippen molar-refractivity contribution in [2.24, 2.45) is 17.8 Å². The van der Waals surface area contributed by atoms with Crippen molar-refractivity contribution in [1.29, 1.82) is 0 Å². The molecule has 7 rings (SSSR count). The maximum Gasteiger partial charge on any atom is 0.259 e. The third-order valence-electron chi connectivity index (χ3n) is 10.1. The Kier molecular flexibility index (Phi) is 8.97. The fraction of sp³-hybridized carbons (Fsp3) is 0.543. The monoisotopic (exact) mass is 706 g/mol. The molecule has 1 aromatic carbocycles. The molecular weight excluding hydrogens is 665 g/mol. The van der Waals surface area contributed by atoms with Gasteiger partial charge in [-0.1, -0.05) is 38.1 Å². The molecule has 0 radical (unpaired) electrons. The average Bonchev–Trinajstić information content (AvgIpc) is 3.94. The molecule has 5 atom stereocenters. The Morgan fingerprint density at radius 3 is 2.63 bits per heavy atom. The van der Waals surface area contributed by atoms with Crippen molar-refractivity contribution in [1.82, 2.24) is 29.9 Å². The molecule has 3 fully saturated rings. The average molecular weight is 707 g/mol. The van der Waals surface area contributed by atoms with Crippen molar-refractivity contribution >= 4 is 50.0 Å². The summed E-state index contributed by atoms with van der Waals surface area (Å²) in [6.07, 6.45) is 7.56. The fourth-order valence-electron chi connectivity index (χ4n) is 6.94. The minimum atomic E-state index is -3.82. The number of sulfonamides is 1. The van der Waals surface area contributed by atoms with Crippen LogP contribution in [0.15, 0.2) is 41.8 Å². The number of carbonyl (C=O) groups excluding carboxylic acids is 3. The molecule has 260 valence electrons. The smallest absolute Gasteiger partial charge is 0.259 e. The second kappa shape index (κ2) is 13.1. The van der Waals surface area contributed by atoms with Crippen molar-refractivity contribution in [2.75, 3.05) is 13.6 Å². The van der Waals surface area contributed by atoms with Gasteiger partial charge in [0.1, 0.15) is 11.6 Å². The second-order valence-corrected chi connectivity index (χ2v) is 17.0. The number of carbonyl (C=O) groups is 3. The summed E-state index contributed by atoms with van der Waals surface area (Å²) in [5, 5.41) is 5.75. The number of nitrogens with one attached hydrogen (secondary N) is 2. The van der Waals surface area contributed by atoms with E-state index in [2.05, 4.69) is 23.9 Å². The van der Waals surface area contributed by atoms with Gasteiger partial charge in [0.2, 0.25) is 27.7 Å². The molecule has 12 nitrogen and oxygen atoms in total. The quantitative estimate of drug-likeness (QED) is 0.341. The van der Waals surface area contributed by atoms with Crippen LogP contribution in [0.1, 0.15) is 76.8 Å². The summed E-state index contributed by atoms with van der Waals surface area (Å²) in [4.78, 5) is 57.6. The van der Waals surface area contributed by atoms with Crippen LogP contribution in [0.25, 0.3) is 21.7 Å². The van der Waals surface area contributed by atoms with E-state index >= 15 is 0 Å². The molecule has 3 amide bonds. The number of para-hydroxylation sites is 1. The van der Waals surface area contributed by atoms with Crippen LogP contribution in [-0.2, 0) is 24.4 Å². The van der Waals surface area contributed by atoms with Crippen LogP contribution in [0.5, 0.6) is 5.88 Å². The Balaban J connectivity index is 1.18. The second-order valence-electron chi connectivity index (χ2n) is 14.2. The first-order chi connectivity index (χ1) is 23.4. The highest BCUT2D eigenvalue weighted by Crippen LogP contribution is 2.47. The number of fused-ring (bicyclic) bond motifs is 3. The zero-order chi connectivity index (χ0) is 34.5. The molecule has 2 N–H and O–H groups in total. The first-order valence-electron chi connectivity index (χ1n) is 17.1. The number of thiazole rings is 1. The Hall–Kier alpha value is -3.91. The van der Waals surface area contributed by atoms with E-state index in [9.17, 15) is 22.8 Å². The summed E-state index contributed by atoms with van der Waals surface area (Å²) in [5.74, 6) is -2.11. The number of hydrogen-bond donors (Lipinski definition) is 2. The van der Waals surface area contributed by atoms with E-state index in [-0.39, 0.29) is 37.0 Å². The van der Waals surface area contributed by atoms with Gasteiger partial charge in [-0.25, -0.2) is 18.4 Å². The third kappa shape index (κ3) is 6.81. The van der Waals surface area contributed by atoms with Gasteiger partial charge in [0.05, 0.1) is 33.7 Å². The van der Waals surface area contributed by atoms with Crippen LogP contribution >= 0.6 is 11.3 Å². The Morgan fingerprint density at radius 2 is 1.88 bits per heavy atom. The lowest BCUT2D eigenvalue weighted by Crippen LogP contribution is -2.54. The predicted molar refractivity (Wildman–Crippen MR) is 185 cm³/mol. The zero-order valence-corrected chi connectivity index (χ0v) is 29.6. The number of allylic oxidation sites excluding steroid dienone is 1. The fourth-order valence-corrected chi connectivity index (χ4v) is 9.21. The zero-order valence-electron chi connectivity index (χ0n) is 27.9. The molecule has 0 unspecified atom stereocenters. The van der Waals surface area contributed by atoms with Crippen molar-refractivity contribution in [3.8, 4) is 16.7 Å². The molecule has 2 aromatic heterocycles.